The number of nitrogens with zero attached hydrogens (tertiary/aromatic N) is 4. The lowest BCUT2D eigenvalue weighted by atomic mass is 10.3. The van der Waals surface area contributed by atoms with Gasteiger partial charge in [-0.2, -0.15) is 0 Å². The van der Waals surface area contributed by atoms with Crippen LogP contribution in [-0.4, -0.2) is 59.4 Å². The number of carbonyl (C=O) groups excluding carboxylic acids is 1. The highest BCUT2D eigenvalue weighted by molar-refractivity contribution is 7.09. The van der Waals surface area contributed by atoms with Gasteiger partial charge >= 0.3 is 0 Å². The van der Waals surface area contributed by atoms with Crippen molar-refractivity contribution in [3.63, 3.8) is 0 Å². The van der Waals surface area contributed by atoms with Crippen molar-refractivity contribution in [3.05, 3.63) is 40.2 Å². The Morgan fingerprint density at radius 3 is 2.72 bits per heavy atom. The van der Waals surface area contributed by atoms with E-state index >= 15 is 0 Å². The molecule has 2 aromatic heterocycles. The molecule has 1 N–H and O–H groups in total. The third kappa shape index (κ3) is 4.19. The number of aryl methyl sites for hydroxylation is 1. The second kappa shape index (κ2) is 8.15. The van der Waals surface area contributed by atoms with Crippen LogP contribution in [0.3, 0.4) is 0 Å². The van der Waals surface area contributed by atoms with Crippen LogP contribution < -0.4 is 5.32 Å². The quantitative estimate of drug-likeness (QED) is 0.666. The molecule has 0 atom stereocenters. The zero-order valence-corrected chi connectivity index (χ0v) is 15.4. The van der Waals surface area contributed by atoms with Crippen LogP contribution in [0.5, 0.6) is 0 Å². The van der Waals surface area contributed by atoms with Gasteiger partial charge in [-0.3, -0.25) is 4.79 Å². The van der Waals surface area contributed by atoms with Crippen LogP contribution >= 0.6 is 11.3 Å². The topological polar surface area (TPSA) is 74.0 Å². The standard InChI is InChI=1S/C17H23N5O2S/c1-3-18-17(19-11-15-13(2)20-12-25-15)22-8-6-21(7-9-22)16(23)14-5-4-10-24-14/h4-5,10,12H,3,6-9,11H2,1-2H3,(H,18,19). The molecule has 1 amide bonds. The van der Waals surface area contributed by atoms with Gasteiger partial charge in [-0.15, -0.1) is 11.3 Å². The average molecular weight is 361 g/mol. The minimum Gasteiger partial charge on any atom is -0.459 e. The molecule has 134 valence electrons. The van der Waals surface area contributed by atoms with Gasteiger partial charge in [-0.1, -0.05) is 0 Å². The van der Waals surface area contributed by atoms with Crippen molar-refractivity contribution >= 4 is 23.2 Å². The minimum absolute atomic E-state index is 0.0492. The fourth-order valence-electron chi connectivity index (χ4n) is 2.73. The van der Waals surface area contributed by atoms with Gasteiger partial charge in [-0.25, -0.2) is 9.98 Å². The lowest BCUT2D eigenvalue weighted by Crippen LogP contribution is -2.53. The number of nitrogens with one attached hydrogen (secondary N) is 1. The van der Waals surface area contributed by atoms with Gasteiger partial charge in [0.05, 0.1) is 24.0 Å². The van der Waals surface area contributed by atoms with Crippen LogP contribution in [-0.2, 0) is 6.54 Å². The van der Waals surface area contributed by atoms with Crippen molar-refractivity contribution in [1.29, 1.82) is 0 Å². The highest BCUT2D eigenvalue weighted by Crippen LogP contribution is 2.14. The van der Waals surface area contributed by atoms with Crippen molar-refractivity contribution in [2.45, 2.75) is 20.4 Å². The van der Waals surface area contributed by atoms with E-state index in [1.807, 2.05) is 17.3 Å². The van der Waals surface area contributed by atoms with Crippen molar-refractivity contribution in [2.24, 2.45) is 4.99 Å². The molecule has 1 saturated heterocycles. The monoisotopic (exact) mass is 361 g/mol. The van der Waals surface area contributed by atoms with Crippen LogP contribution in [0.1, 0.15) is 28.0 Å². The molecule has 8 heteroatoms. The molecular formula is C17H23N5O2S. The van der Waals surface area contributed by atoms with Gasteiger partial charge in [0.1, 0.15) is 0 Å². The van der Waals surface area contributed by atoms with Gasteiger partial charge in [0.25, 0.3) is 5.91 Å². The summed E-state index contributed by atoms with van der Waals surface area (Å²) >= 11 is 1.63. The molecule has 0 radical (unpaired) electrons. The number of guanidine groups is 1. The first-order valence-corrected chi connectivity index (χ1v) is 9.32. The molecule has 0 aliphatic carbocycles. The van der Waals surface area contributed by atoms with Crippen molar-refractivity contribution in [2.75, 3.05) is 32.7 Å². The van der Waals surface area contributed by atoms with Gasteiger partial charge < -0.3 is 19.5 Å². The molecule has 2 aromatic rings. The number of amides is 1. The van der Waals surface area contributed by atoms with E-state index in [1.54, 1.807) is 23.5 Å². The second-order valence-corrected chi connectivity index (χ2v) is 6.73. The highest BCUT2D eigenvalue weighted by Gasteiger charge is 2.25. The predicted molar refractivity (Wildman–Crippen MR) is 97.9 cm³/mol. The molecule has 0 bridgehead atoms. The van der Waals surface area contributed by atoms with Crippen LogP contribution in [0.4, 0.5) is 0 Å². The highest BCUT2D eigenvalue weighted by atomic mass is 32.1. The first-order valence-electron chi connectivity index (χ1n) is 8.44. The molecule has 3 heterocycles. The van der Waals surface area contributed by atoms with E-state index in [-0.39, 0.29) is 5.91 Å². The number of furan rings is 1. The van der Waals surface area contributed by atoms with Gasteiger partial charge in [0.15, 0.2) is 11.7 Å². The minimum atomic E-state index is -0.0492. The summed E-state index contributed by atoms with van der Waals surface area (Å²) in [7, 11) is 0. The zero-order chi connectivity index (χ0) is 17.6. The van der Waals surface area contributed by atoms with Crippen molar-refractivity contribution < 1.29 is 9.21 Å². The Kier molecular flexibility index (Phi) is 5.70. The Morgan fingerprint density at radius 1 is 1.36 bits per heavy atom. The predicted octanol–water partition coefficient (Wildman–Crippen LogP) is 1.97. The normalized spacial score (nSPS) is 15.5. The largest absolute Gasteiger partial charge is 0.459 e. The second-order valence-electron chi connectivity index (χ2n) is 5.79. The maximum atomic E-state index is 12.3. The Hall–Kier alpha value is -2.35. The van der Waals surface area contributed by atoms with Crippen LogP contribution in [0.25, 0.3) is 0 Å². The molecular weight excluding hydrogens is 338 g/mol. The lowest BCUT2D eigenvalue weighted by molar-refractivity contribution is 0.0657. The summed E-state index contributed by atoms with van der Waals surface area (Å²) < 4.78 is 5.21. The molecule has 3 rings (SSSR count). The Balaban J connectivity index is 1.60. The smallest absolute Gasteiger partial charge is 0.289 e. The Labute approximate surface area is 151 Å². The third-order valence-electron chi connectivity index (χ3n) is 4.15. The van der Waals surface area contributed by atoms with Gasteiger partial charge in [0.2, 0.25) is 0 Å². The molecule has 0 unspecified atom stereocenters. The molecule has 1 fully saturated rings. The first kappa shape index (κ1) is 17.5. The molecule has 1 aliphatic rings. The molecule has 7 nitrogen and oxygen atoms in total. The van der Waals surface area contributed by atoms with E-state index < -0.39 is 0 Å². The maximum absolute atomic E-state index is 12.3. The summed E-state index contributed by atoms with van der Waals surface area (Å²) in [5, 5.41) is 3.34. The first-order chi connectivity index (χ1) is 12.2. The fourth-order valence-corrected chi connectivity index (χ4v) is 3.43. The number of carbonyl (C=O) groups is 1. The summed E-state index contributed by atoms with van der Waals surface area (Å²) in [6, 6.07) is 3.44. The van der Waals surface area contributed by atoms with Crippen LogP contribution in [0, 0.1) is 6.92 Å². The molecule has 25 heavy (non-hydrogen) atoms. The van der Waals surface area contributed by atoms with E-state index in [0.717, 1.165) is 31.3 Å². The van der Waals surface area contributed by atoms with E-state index in [1.165, 1.54) is 11.1 Å². The zero-order valence-electron chi connectivity index (χ0n) is 14.6. The number of hydrogen-bond acceptors (Lipinski definition) is 5. The van der Waals surface area contributed by atoms with Crippen LogP contribution in [0.15, 0.2) is 33.3 Å². The average Bonchev–Trinajstić information content (AvgIpc) is 3.30. The Morgan fingerprint density at radius 2 is 2.12 bits per heavy atom. The molecule has 1 aliphatic heterocycles. The summed E-state index contributed by atoms with van der Waals surface area (Å²) in [5.74, 6) is 1.24. The van der Waals surface area contributed by atoms with Gasteiger partial charge in [-0.05, 0) is 26.0 Å². The van der Waals surface area contributed by atoms with E-state index in [2.05, 4.69) is 22.1 Å². The number of aliphatic imine (C=N–C) groups is 1. The van der Waals surface area contributed by atoms with Crippen molar-refractivity contribution in [1.82, 2.24) is 20.1 Å². The van der Waals surface area contributed by atoms with Gasteiger partial charge in [0, 0.05) is 37.6 Å². The number of thiazole rings is 1. The van der Waals surface area contributed by atoms with Crippen molar-refractivity contribution in [3.8, 4) is 0 Å². The van der Waals surface area contributed by atoms with E-state index in [4.69, 9.17) is 9.41 Å². The summed E-state index contributed by atoms with van der Waals surface area (Å²) in [6.07, 6.45) is 1.53. The lowest BCUT2D eigenvalue weighted by Gasteiger charge is -2.36. The molecule has 0 saturated carbocycles. The van der Waals surface area contributed by atoms with E-state index in [9.17, 15) is 4.79 Å². The fraction of sp³-hybridized carbons (Fsp3) is 0.471. The number of hydrogen-bond donors (Lipinski definition) is 1. The van der Waals surface area contributed by atoms with Crippen LogP contribution in [0.2, 0.25) is 0 Å². The molecule has 0 aromatic carbocycles. The summed E-state index contributed by atoms with van der Waals surface area (Å²) in [6.45, 7) is 8.32. The number of aromatic nitrogens is 1. The maximum Gasteiger partial charge on any atom is 0.289 e. The Bertz CT molecular complexity index is 717. The summed E-state index contributed by atoms with van der Waals surface area (Å²) in [5.41, 5.74) is 2.89. The summed E-state index contributed by atoms with van der Waals surface area (Å²) in [4.78, 5) is 26.6. The third-order valence-corrected chi connectivity index (χ3v) is 5.07. The number of rotatable bonds is 4. The molecule has 0 spiro atoms. The number of piperazine rings is 1. The SMILES string of the molecule is CCNC(=NCc1scnc1C)N1CCN(C(=O)c2ccco2)CC1. The van der Waals surface area contributed by atoms with E-state index in [0.29, 0.717) is 25.4 Å².